The first-order valence-corrected chi connectivity index (χ1v) is 31.8. The molecule has 9 nitrogen and oxygen atoms in total. The van der Waals surface area contributed by atoms with Gasteiger partial charge in [0, 0.05) is 12.8 Å². The molecule has 1 amide bonds. The summed E-state index contributed by atoms with van der Waals surface area (Å²) >= 11 is 0. The average molecular weight is 1020 g/mol. The van der Waals surface area contributed by atoms with Gasteiger partial charge in [-0.2, -0.15) is 0 Å². The smallest absolute Gasteiger partial charge is 0.456 e. The first kappa shape index (κ1) is 69.2. The van der Waals surface area contributed by atoms with Crippen LogP contribution in [0.3, 0.4) is 0 Å². The molecule has 0 saturated heterocycles. The fourth-order valence-corrected chi connectivity index (χ4v) is 9.61. The molecule has 0 fully saturated rings. The number of likely N-dealkylation sites (N-methyl/N-ethyl adjacent to an activating group) is 1. The zero-order valence-corrected chi connectivity index (χ0v) is 48.6. The summed E-state index contributed by atoms with van der Waals surface area (Å²) in [6, 6.07) is -0.874. The molecule has 0 aromatic carbocycles. The maximum Gasteiger partial charge on any atom is 0.472 e. The highest BCUT2D eigenvalue weighted by atomic mass is 31.2. The quantitative estimate of drug-likeness (QED) is 0.0205. The van der Waals surface area contributed by atoms with Gasteiger partial charge in [0.1, 0.15) is 19.3 Å². The molecule has 0 heterocycles. The van der Waals surface area contributed by atoms with Crippen LogP contribution in [0.1, 0.15) is 290 Å². The lowest BCUT2D eigenvalue weighted by molar-refractivity contribution is -0.870. The van der Waals surface area contributed by atoms with Gasteiger partial charge in [0.05, 0.1) is 33.8 Å². The highest BCUT2D eigenvalue weighted by Gasteiger charge is 2.30. The normalized spacial score (nSPS) is 14.0. The number of amides is 1. The number of hydrogen-bond acceptors (Lipinski definition) is 6. The third kappa shape index (κ3) is 52.9. The van der Waals surface area contributed by atoms with Crippen molar-refractivity contribution in [1.29, 1.82) is 0 Å². The van der Waals surface area contributed by atoms with Gasteiger partial charge in [-0.1, -0.05) is 263 Å². The standard InChI is InChI=1S/C61H117N2O7P/c1-7-10-13-16-19-22-25-28-29-30-31-32-33-36-39-42-45-48-51-54-61(65)70-59(52-49-46-43-40-37-34-26-23-20-17-14-11-8-2)58(57-69-71(66,67)68-56-55-63(4,5)6)62-60(64)53-50-47-44-41-38-35-27-24-21-18-15-12-9-3/h35,38,44,47,49,52,58-59H,7-34,36-37,39-43,45-46,48,50-51,53-57H2,1-6H3,(H-,62,64,66,67)/p+1/b38-35-,47-44+,52-49-. The van der Waals surface area contributed by atoms with Crippen LogP contribution in [0.25, 0.3) is 0 Å². The summed E-state index contributed by atoms with van der Waals surface area (Å²) in [5.74, 6) is -0.571. The van der Waals surface area contributed by atoms with Gasteiger partial charge in [-0.15, -0.1) is 0 Å². The van der Waals surface area contributed by atoms with Gasteiger partial charge in [0.25, 0.3) is 0 Å². The molecular formula is C61H118N2O7P+. The second-order valence-corrected chi connectivity index (χ2v) is 23.3. The Balaban J connectivity index is 5.31. The van der Waals surface area contributed by atoms with Crippen LogP contribution in [0.2, 0.25) is 0 Å². The van der Waals surface area contributed by atoms with E-state index in [0.717, 1.165) is 51.4 Å². The molecular weight excluding hydrogens is 904 g/mol. The molecule has 0 aliphatic heterocycles. The van der Waals surface area contributed by atoms with Crippen molar-refractivity contribution in [3.63, 3.8) is 0 Å². The Morgan fingerprint density at radius 2 is 0.873 bits per heavy atom. The Bertz CT molecular complexity index is 1310. The molecule has 0 aliphatic rings. The number of allylic oxidation sites excluding steroid dienone is 5. The van der Waals surface area contributed by atoms with Crippen molar-refractivity contribution in [3.8, 4) is 0 Å². The van der Waals surface area contributed by atoms with Crippen molar-refractivity contribution in [3.05, 3.63) is 36.5 Å². The molecule has 3 atom stereocenters. The number of unbranched alkanes of at least 4 members (excludes halogenated alkanes) is 35. The molecule has 0 aromatic rings. The minimum absolute atomic E-state index is 0.0333. The van der Waals surface area contributed by atoms with E-state index in [4.69, 9.17) is 13.8 Å². The monoisotopic (exact) mass is 1020 g/mol. The molecule has 71 heavy (non-hydrogen) atoms. The van der Waals surface area contributed by atoms with E-state index in [-0.39, 0.29) is 37.9 Å². The van der Waals surface area contributed by atoms with E-state index >= 15 is 0 Å². The zero-order valence-electron chi connectivity index (χ0n) is 47.7. The Morgan fingerprint density at radius 3 is 1.30 bits per heavy atom. The van der Waals surface area contributed by atoms with Gasteiger partial charge in [0.15, 0.2) is 0 Å². The van der Waals surface area contributed by atoms with Gasteiger partial charge >= 0.3 is 13.8 Å². The highest BCUT2D eigenvalue weighted by molar-refractivity contribution is 7.47. The molecule has 0 bridgehead atoms. The molecule has 10 heteroatoms. The molecule has 3 unspecified atom stereocenters. The Labute approximate surface area is 440 Å². The van der Waals surface area contributed by atoms with Gasteiger partial charge < -0.3 is 19.4 Å². The van der Waals surface area contributed by atoms with E-state index < -0.39 is 20.0 Å². The molecule has 0 aromatic heterocycles. The van der Waals surface area contributed by atoms with Gasteiger partial charge in [-0.3, -0.25) is 18.6 Å². The van der Waals surface area contributed by atoms with Crippen molar-refractivity contribution in [2.45, 2.75) is 303 Å². The number of carbonyl (C=O) groups excluding carboxylic acids is 2. The third-order valence-electron chi connectivity index (χ3n) is 13.6. The number of hydrogen-bond donors (Lipinski definition) is 2. The molecule has 0 spiro atoms. The zero-order chi connectivity index (χ0) is 52.2. The molecule has 0 saturated carbocycles. The second-order valence-electron chi connectivity index (χ2n) is 21.9. The number of carbonyl (C=O) groups is 2. The van der Waals surface area contributed by atoms with E-state index in [2.05, 4.69) is 44.3 Å². The molecule has 0 aliphatic carbocycles. The summed E-state index contributed by atoms with van der Waals surface area (Å²) in [4.78, 5) is 37.6. The summed E-state index contributed by atoms with van der Waals surface area (Å²) in [5, 5.41) is 3.01. The van der Waals surface area contributed by atoms with Crippen LogP contribution < -0.4 is 5.32 Å². The van der Waals surface area contributed by atoms with Crippen molar-refractivity contribution in [1.82, 2.24) is 5.32 Å². The fraction of sp³-hybridized carbons (Fsp3) is 0.869. The number of esters is 1. The van der Waals surface area contributed by atoms with E-state index in [9.17, 15) is 19.0 Å². The van der Waals surface area contributed by atoms with E-state index in [1.165, 1.54) is 199 Å². The first-order chi connectivity index (χ1) is 34.4. The Kier molecular flexibility index (Phi) is 50.4. The number of phosphoric acid groups is 1. The first-order valence-electron chi connectivity index (χ1n) is 30.3. The van der Waals surface area contributed by atoms with Crippen molar-refractivity contribution >= 4 is 19.7 Å². The minimum atomic E-state index is -4.45. The average Bonchev–Trinajstić information content (AvgIpc) is 3.33. The summed E-state index contributed by atoms with van der Waals surface area (Å²) in [5.41, 5.74) is 0. The van der Waals surface area contributed by atoms with E-state index in [0.29, 0.717) is 17.4 Å². The lowest BCUT2D eigenvalue weighted by Crippen LogP contribution is -2.47. The Hall–Kier alpha value is -1.77. The van der Waals surface area contributed by atoms with Crippen LogP contribution in [0.5, 0.6) is 0 Å². The van der Waals surface area contributed by atoms with Gasteiger partial charge in [-0.05, 0) is 51.0 Å². The van der Waals surface area contributed by atoms with Crippen molar-refractivity contribution in [2.75, 3.05) is 40.9 Å². The minimum Gasteiger partial charge on any atom is -0.456 e. The van der Waals surface area contributed by atoms with Crippen LogP contribution in [-0.4, -0.2) is 74.3 Å². The number of rotatable bonds is 55. The molecule has 418 valence electrons. The van der Waals surface area contributed by atoms with Crippen LogP contribution in [0.15, 0.2) is 36.5 Å². The summed E-state index contributed by atoms with van der Waals surface area (Å²) in [6.07, 6.45) is 61.6. The SMILES string of the molecule is CCCCCCCC/C=C\C/C=C/CCC(=O)NC(COP(=O)(O)OCC[N+](C)(C)C)C(/C=C\CCCCCCCCCCCCC)OC(=O)CCCCCCCCCCCCCCCCCCCCC. The fourth-order valence-electron chi connectivity index (χ4n) is 8.87. The number of nitrogens with one attached hydrogen (secondary N) is 1. The topological polar surface area (TPSA) is 111 Å². The van der Waals surface area contributed by atoms with Crippen molar-refractivity contribution < 1.29 is 37.3 Å². The predicted molar refractivity (Wildman–Crippen MR) is 305 cm³/mol. The third-order valence-corrected chi connectivity index (χ3v) is 14.6. The maximum atomic E-state index is 13.5. The van der Waals surface area contributed by atoms with Crippen LogP contribution >= 0.6 is 7.82 Å². The summed E-state index contributed by atoms with van der Waals surface area (Å²) in [6.45, 7) is 6.99. The highest BCUT2D eigenvalue weighted by Crippen LogP contribution is 2.43. The number of quaternary nitrogens is 1. The largest absolute Gasteiger partial charge is 0.472 e. The van der Waals surface area contributed by atoms with E-state index in [1.54, 1.807) is 0 Å². The molecule has 0 radical (unpaired) electrons. The predicted octanol–water partition coefficient (Wildman–Crippen LogP) is 18.3. The second kappa shape index (κ2) is 51.7. The number of ether oxygens (including phenoxy) is 1. The van der Waals surface area contributed by atoms with Gasteiger partial charge in [0.2, 0.25) is 5.91 Å². The number of nitrogens with zero attached hydrogens (tertiary/aromatic N) is 1. The van der Waals surface area contributed by atoms with Crippen LogP contribution in [0.4, 0.5) is 0 Å². The maximum absolute atomic E-state index is 13.5. The van der Waals surface area contributed by atoms with Crippen LogP contribution in [-0.2, 0) is 27.9 Å². The number of phosphoric ester groups is 1. The van der Waals surface area contributed by atoms with E-state index in [1.807, 2.05) is 39.4 Å². The summed E-state index contributed by atoms with van der Waals surface area (Å²) < 4.78 is 30.6. The Morgan fingerprint density at radius 1 is 0.493 bits per heavy atom. The lowest BCUT2D eigenvalue weighted by atomic mass is 10.0. The lowest BCUT2D eigenvalue weighted by Gasteiger charge is -2.27. The van der Waals surface area contributed by atoms with Crippen molar-refractivity contribution in [2.24, 2.45) is 0 Å². The molecule has 0 rings (SSSR count). The van der Waals surface area contributed by atoms with Gasteiger partial charge in [-0.25, -0.2) is 4.57 Å². The van der Waals surface area contributed by atoms with Crippen LogP contribution in [0, 0.1) is 0 Å². The summed E-state index contributed by atoms with van der Waals surface area (Å²) in [7, 11) is 1.48. The molecule has 2 N–H and O–H groups in total.